The molecule has 3 aromatic carbocycles. The van der Waals surface area contributed by atoms with Gasteiger partial charge in [-0.1, -0.05) is 65.7 Å². The van der Waals surface area contributed by atoms with Crippen LogP contribution in [0.5, 0.6) is 0 Å². The second-order valence-electron chi connectivity index (χ2n) is 9.16. The topological polar surface area (TPSA) is 66.5 Å². The fourth-order valence-electron chi connectivity index (χ4n) is 6.13. The number of ketones is 2. The first-order valence-electron chi connectivity index (χ1n) is 11.3. The number of halogens is 2. The number of benzene rings is 3. The molecule has 3 aliphatic heterocycles. The molecule has 1 fully saturated rings. The average molecular weight is 503 g/mol. The first kappa shape index (κ1) is 22.1. The molecule has 3 aliphatic rings. The van der Waals surface area contributed by atoms with Gasteiger partial charge in [0.05, 0.1) is 23.0 Å². The molecule has 3 aromatic rings. The monoisotopic (exact) mass is 502 g/mol. The molecule has 1 spiro atoms. The molecule has 3 heterocycles. The average Bonchev–Trinajstić information content (AvgIpc) is 3.32. The zero-order valence-corrected chi connectivity index (χ0v) is 20.2. The van der Waals surface area contributed by atoms with Gasteiger partial charge in [-0.2, -0.15) is 0 Å². The van der Waals surface area contributed by atoms with E-state index in [4.69, 9.17) is 23.2 Å². The van der Waals surface area contributed by atoms with Crippen LogP contribution in [0.25, 0.3) is 6.08 Å². The van der Waals surface area contributed by atoms with Gasteiger partial charge < -0.3 is 10.2 Å². The summed E-state index contributed by atoms with van der Waals surface area (Å²) in [5.41, 5.74) is 1.91. The van der Waals surface area contributed by atoms with Crippen LogP contribution in [-0.2, 0) is 15.0 Å². The lowest BCUT2D eigenvalue weighted by Gasteiger charge is -2.37. The highest BCUT2D eigenvalue weighted by atomic mass is 35.5. The van der Waals surface area contributed by atoms with Crippen LogP contribution in [0, 0.1) is 5.92 Å². The summed E-state index contributed by atoms with van der Waals surface area (Å²) in [6.07, 6.45) is 3.83. The van der Waals surface area contributed by atoms with E-state index in [9.17, 15) is 14.4 Å². The van der Waals surface area contributed by atoms with Crippen molar-refractivity contribution < 1.29 is 14.4 Å². The molecule has 1 amide bonds. The van der Waals surface area contributed by atoms with Gasteiger partial charge in [0.1, 0.15) is 5.41 Å². The molecule has 6 rings (SSSR count). The number of nitrogens with zero attached hydrogens (tertiary/aromatic N) is 1. The molecule has 4 atom stereocenters. The zero-order chi connectivity index (χ0) is 24.5. The maximum atomic E-state index is 14.3. The van der Waals surface area contributed by atoms with Crippen molar-refractivity contribution in [2.45, 2.75) is 24.4 Å². The highest BCUT2D eigenvalue weighted by molar-refractivity contribution is 6.34. The van der Waals surface area contributed by atoms with Crippen molar-refractivity contribution in [2.75, 3.05) is 10.2 Å². The van der Waals surface area contributed by atoms with Crippen molar-refractivity contribution in [2.24, 2.45) is 5.92 Å². The van der Waals surface area contributed by atoms with Gasteiger partial charge in [-0.3, -0.25) is 14.4 Å². The van der Waals surface area contributed by atoms with Crippen molar-refractivity contribution >= 4 is 58.1 Å². The number of amides is 1. The quantitative estimate of drug-likeness (QED) is 0.476. The van der Waals surface area contributed by atoms with E-state index in [1.807, 2.05) is 53.5 Å². The number of hydrogen-bond donors (Lipinski definition) is 1. The Morgan fingerprint density at radius 1 is 1.00 bits per heavy atom. The van der Waals surface area contributed by atoms with Crippen LogP contribution in [0.2, 0.25) is 10.0 Å². The van der Waals surface area contributed by atoms with E-state index in [0.717, 1.165) is 11.3 Å². The summed E-state index contributed by atoms with van der Waals surface area (Å²) in [5, 5.41) is 3.84. The normalized spacial score (nSPS) is 25.7. The fraction of sp³-hybridized carbons (Fsp3) is 0.179. The Labute approximate surface area is 212 Å². The number of para-hydroxylation sites is 1. The van der Waals surface area contributed by atoms with Crippen LogP contribution in [0.15, 0.2) is 72.8 Å². The summed E-state index contributed by atoms with van der Waals surface area (Å²) in [5.74, 6) is -1.84. The second kappa shape index (κ2) is 7.80. The largest absolute Gasteiger partial charge is 0.352 e. The van der Waals surface area contributed by atoms with Gasteiger partial charge in [-0.25, -0.2) is 0 Å². The molecule has 0 aliphatic carbocycles. The molecular formula is C28H20Cl2N2O3. The summed E-state index contributed by atoms with van der Waals surface area (Å²) >= 11 is 12.7. The van der Waals surface area contributed by atoms with Crippen LogP contribution in [0.4, 0.5) is 11.4 Å². The third-order valence-corrected chi connectivity index (χ3v) is 8.00. The van der Waals surface area contributed by atoms with E-state index < -0.39 is 23.4 Å². The van der Waals surface area contributed by atoms with Crippen molar-refractivity contribution in [3.8, 4) is 0 Å². The molecule has 174 valence electrons. The predicted molar refractivity (Wildman–Crippen MR) is 137 cm³/mol. The van der Waals surface area contributed by atoms with Gasteiger partial charge >= 0.3 is 0 Å². The minimum atomic E-state index is -1.32. The summed E-state index contributed by atoms with van der Waals surface area (Å²) in [6.45, 7) is 1.47. The summed E-state index contributed by atoms with van der Waals surface area (Å²) in [4.78, 5) is 43.6. The number of fused-ring (bicyclic) bond motifs is 6. The van der Waals surface area contributed by atoms with E-state index in [0.29, 0.717) is 21.8 Å². The SMILES string of the molecule is CC(=O)[C@@H]1[C@@H](C(=O)c2ccccc2Cl)[C@]2(C(=O)Nc3ccccc32)[C@H]2C=Cc3cc(Cl)ccc3N12. The van der Waals surface area contributed by atoms with Crippen LogP contribution in [-0.4, -0.2) is 29.6 Å². The standard InChI is InChI=1S/C28H20Cl2N2O3/c1-15(33)25-24(26(34)18-6-2-4-8-20(18)30)28(19-7-3-5-9-21(19)31-27(28)35)23-13-10-16-14-17(29)11-12-22(16)32(23)25/h2-14,23-25H,1H3,(H,31,35)/t23-,24+,25-,28-/m1/s1. The molecule has 1 N–H and O–H groups in total. The molecule has 0 saturated carbocycles. The fourth-order valence-corrected chi connectivity index (χ4v) is 6.54. The van der Waals surface area contributed by atoms with Crippen LogP contribution >= 0.6 is 23.2 Å². The van der Waals surface area contributed by atoms with Crippen molar-refractivity contribution in [1.82, 2.24) is 0 Å². The smallest absolute Gasteiger partial charge is 0.238 e. The summed E-state index contributed by atoms with van der Waals surface area (Å²) in [7, 11) is 0. The lowest BCUT2D eigenvalue weighted by atomic mass is 9.64. The minimum Gasteiger partial charge on any atom is -0.352 e. The molecule has 0 bridgehead atoms. The molecule has 0 radical (unpaired) electrons. The number of carbonyl (C=O) groups excluding carboxylic acids is 3. The Morgan fingerprint density at radius 3 is 2.51 bits per heavy atom. The number of hydrogen-bond acceptors (Lipinski definition) is 4. The number of carbonyl (C=O) groups is 3. The van der Waals surface area contributed by atoms with Gasteiger partial charge in [0, 0.05) is 22.0 Å². The van der Waals surface area contributed by atoms with Crippen molar-refractivity contribution in [3.63, 3.8) is 0 Å². The van der Waals surface area contributed by atoms with E-state index in [1.54, 1.807) is 30.3 Å². The lowest BCUT2D eigenvalue weighted by Crippen LogP contribution is -2.51. The number of Topliss-reactive ketones (excluding diaryl/α,β-unsaturated/α-hetero) is 2. The van der Waals surface area contributed by atoms with Gasteiger partial charge in [-0.15, -0.1) is 0 Å². The molecule has 35 heavy (non-hydrogen) atoms. The molecule has 1 saturated heterocycles. The molecule has 7 heteroatoms. The zero-order valence-electron chi connectivity index (χ0n) is 18.7. The molecular weight excluding hydrogens is 483 g/mol. The Balaban J connectivity index is 1.67. The van der Waals surface area contributed by atoms with Crippen molar-refractivity contribution in [3.05, 3.63) is 99.5 Å². The third-order valence-electron chi connectivity index (χ3n) is 7.43. The van der Waals surface area contributed by atoms with Crippen LogP contribution in [0.3, 0.4) is 0 Å². The Kier molecular flexibility index (Phi) is 4.92. The first-order chi connectivity index (χ1) is 16.9. The maximum absolute atomic E-state index is 14.3. The van der Waals surface area contributed by atoms with E-state index >= 15 is 0 Å². The molecule has 0 aromatic heterocycles. The Bertz CT molecular complexity index is 1470. The number of rotatable bonds is 3. The Hall–Kier alpha value is -3.41. The summed E-state index contributed by atoms with van der Waals surface area (Å²) < 4.78 is 0. The lowest BCUT2D eigenvalue weighted by molar-refractivity contribution is -0.122. The maximum Gasteiger partial charge on any atom is 0.238 e. The Morgan fingerprint density at radius 2 is 1.74 bits per heavy atom. The van der Waals surface area contributed by atoms with Crippen LogP contribution in [0.1, 0.15) is 28.4 Å². The van der Waals surface area contributed by atoms with E-state index in [-0.39, 0.29) is 22.5 Å². The molecule has 0 unspecified atom stereocenters. The van der Waals surface area contributed by atoms with Gasteiger partial charge in [-0.05, 0) is 54.4 Å². The summed E-state index contributed by atoms with van der Waals surface area (Å²) in [6, 6.07) is 18.1. The van der Waals surface area contributed by atoms with Gasteiger partial charge in [0.2, 0.25) is 5.91 Å². The second-order valence-corrected chi connectivity index (χ2v) is 10.0. The first-order valence-corrected chi connectivity index (χ1v) is 12.1. The highest BCUT2D eigenvalue weighted by Crippen LogP contribution is 2.58. The third kappa shape index (κ3) is 2.92. The predicted octanol–water partition coefficient (Wildman–Crippen LogP) is 5.56. The number of nitrogens with one attached hydrogen (secondary N) is 1. The highest BCUT2D eigenvalue weighted by Gasteiger charge is 2.69. The van der Waals surface area contributed by atoms with Gasteiger partial charge in [0.25, 0.3) is 0 Å². The van der Waals surface area contributed by atoms with E-state index in [1.165, 1.54) is 6.92 Å². The van der Waals surface area contributed by atoms with Crippen molar-refractivity contribution in [1.29, 1.82) is 0 Å². The number of anilines is 2. The van der Waals surface area contributed by atoms with Crippen LogP contribution < -0.4 is 10.2 Å². The minimum absolute atomic E-state index is 0.203. The molecule has 5 nitrogen and oxygen atoms in total. The van der Waals surface area contributed by atoms with Gasteiger partial charge in [0.15, 0.2) is 11.6 Å². The van der Waals surface area contributed by atoms with E-state index in [2.05, 4.69) is 5.32 Å².